The second-order valence-electron chi connectivity index (χ2n) is 7.89. The number of nitrogens with one attached hydrogen (secondary N) is 1. The maximum absolute atomic E-state index is 12.6. The lowest BCUT2D eigenvalue weighted by molar-refractivity contribution is -0.134. The minimum atomic E-state index is -0.507. The zero-order valence-electron chi connectivity index (χ0n) is 16.6. The van der Waals surface area contributed by atoms with Crippen molar-refractivity contribution in [3.8, 4) is 0 Å². The molecule has 2 rings (SSSR count). The van der Waals surface area contributed by atoms with Gasteiger partial charge in [-0.3, -0.25) is 9.69 Å². The van der Waals surface area contributed by atoms with E-state index in [0.29, 0.717) is 26.1 Å². The summed E-state index contributed by atoms with van der Waals surface area (Å²) in [5.74, 6) is 0.00498. The van der Waals surface area contributed by atoms with Gasteiger partial charge in [0.1, 0.15) is 5.60 Å². The summed E-state index contributed by atoms with van der Waals surface area (Å²) < 4.78 is 5.22. The molecule has 7 nitrogen and oxygen atoms in total. The predicted octanol–water partition coefficient (Wildman–Crippen LogP) is 1.23. The van der Waals surface area contributed by atoms with Crippen LogP contribution in [0.4, 0.5) is 4.79 Å². The number of rotatable bonds is 6. The number of amides is 2. The summed E-state index contributed by atoms with van der Waals surface area (Å²) in [6, 6.07) is 9.33. The van der Waals surface area contributed by atoms with Gasteiger partial charge in [-0.1, -0.05) is 30.3 Å². The lowest BCUT2D eigenvalue weighted by atomic mass is 10.1. The van der Waals surface area contributed by atoms with Crippen molar-refractivity contribution in [2.45, 2.75) is 38.8 Å². The van der Waals surface area contributed by atoms with Gasteiger partial charge in [-0.05, 0) is 32.8 Å². The first-order valence-corrected chi connectivity index (χ1v) is 9.52. The Morgan fingerprint density at radius 3 is 2.37 bits per heavy atom. The number of hydrogen-bond acceptors (Lipinski definition) is 5. The summed E-state index contributed by atoms with van der Waals surface area (Å²) in [4.78, 5) is 28.3. The van der Waals surface area contributed by atoms with Crippen molar-refractivity contribution >= 4 is 12.0 Å². The van der Waals surface area contributed by atoms with Crippen molar-refractivity contribution < 1.29 is 14.3 Å². The molecule has 2 amide bonds. The Morgan fingerprint density at radius 2 is 1.78 bits per heavy atom. The lowest BCUT2D eigenvalue weighted by Gasteiger charge is -2.36. The summed E-state index contributed by atoms with van der Waals surface area (Å²) in [5.41, 5.74) is 6.70. The van der Waals surface area contributed by atoms with Crippen LogP contribution < -0.4 is 11.1 Å². The molecule has 1 aromatic carbocycles. The van der Waals surface area contributed by atoms with Crippen LogP contribution in [0.1, 0.15) is 26.3 Å². The molecule has 1 aromatic rings. The number of piperazine rings is 1. The van der Waals surface area contributed by atoms with E-state index in [0.717, 1.165) is 25.2 Å². The Labute approximate surface area is 161 Å². The molecule has 1 atom stereocenters. The molecule has 0 unspecified atom stereocenters. The van der Waals surface area contributed by atoms with E-state index in [-0.39, 0.29) is 5.91 Å². The third-order valence-electron chi connectivity index (χ3n) is 4.40. The molecule has 7 heteroatoms. The monoisotopic (exact) mass is 376 g/mol. The van der Waals surface area contributed by atoms with Gasteiger partial charge in [-0.15, -0.1) is 0 Å². The molecule has 0 spiro atoms. The van der Waals surface area contributed by atoms with Gasteiger partial charge in [0.25, 0.3) is 0 Å². The number of hydrogen-bond donors (Lipinski definition) is 2. The van der Waals surface area contributed by atoms with Crippen LogP contribution in [0.5, 0.6) is 0 Å². The number of ether oxygens (including phenoxy) is 1. The van der Waals surface area contributed by atoms with E-state index in [9.17, 15) is 9.59 Å². The van der Waals surface area contributed by atoms with Gasteiger partial charge in [0.15, 0.2) is 0 Å². The van der Waals surface area contributed by atoms with Crippen LogP contribution in [0.15, 0.2) is 30.3 Å². The molecule has 0 radical (unpaired) electrons. The molecule has 1 aliphatic heterocycles. The van der Waals surface area contributed by atoms with Gasteiger partial charge >= 0.3 is 6.09 Å². The first-order chi connectivity index (χ1) is 12.7. The highest BCUT2D eigenvalue weighted by molar-refractivity contribution is 5.82. The number of benzene rings is 1. The molecule has 1 aliphatic rings. The largest absolute Gasteiger partial charge is 0.444 e. The van der Waals surface area contributed by atoms with Gasteiger partial charge in [0, 0.05) is 39.3 Å². The maximum Gasteiger partial charge on any atom is 0.407 e. The number of carbonyl (C=O) groups is 2. The molecular formula is C20H32N4O3. The van der Waals surface area contributed by atoms with Crippen molar-refractivity contribution in [3.05, 3.63) is 35.9 Å². The Hall–Kier alpha value is -2.12. The van der Waals surface area contributed by atoms with Gasteiger partial charge in [-0.25, -0.2) is 4.79 Å². The van der Waals surface area contributed by atoms with Crippen molar-refractivity contribution in [2.24, 2.45) is 5.73 Å². The molecule has 0 aromatic heterocycles. The molecular weight excluding hydrogens is 344 g/mol. The Kier molecular flexibility index (Phi) is 7.62. The molecule has 0 bridgehead atoms. The molecule has 1 saturated heterocycles. The van der Waals surface area contributed by atoms with Gasteiger partial charge in [-0.2, -0.15) is 0 Å². The Morgan fingerprint density at radius 1 is 1.15 bits per heavy atom. The fourth-order valence-electron chi connectivity index (χ4n) is 3.01. The van der Waals surface area contributed by atoms with Crippen LogP contribution in [0, 0.1) is 0 Å². The van der Waals surface area contributed by atoms with E-state index in [1.54, 1.807) is 0 Å². The quantitative estimate of drug-likeness (QED) is 0.780. The van der Waals surface area contributed by atoms with Crippen molar-refractivity contribution in [1.29, 1.82) is 0 Å². The molecule has 0 saturated carbocycles. The van der Waals surface area contributed by atoms with Crippen molar-refractivity contribution in [2.75, 3.05) is 39.3 Å². The fraction of sp³-hybridized carbons (Fsp3) is 0.600. The van der Waals surface area contributed by atoms with E-state index >= 15 is 0 Å². The second kappa shape index (κ2) is 9.71. The number of carbonyl (C=O) groups excluding carboxylic acids is 2. The van der Waals surface area contributed by atoms with E-state index in [1.165, 1.54) is 0 Å². The van der Waals surface area contributed by atoms with Gasteiger partial charge in [0.05, 0.1) is 6.04 Å². The average Bonchev–Trinajstić information content (AvgIpc) is 2.61. The van der Waals surface area contributed by atoms with Crippen LogP contribution in [-0.4, -0.2) is 72.7 Å². The normalized spacial score (nSPS) is 16.7. The molecule has 1 heterocycles. The number of nitrogens with two attached hydrogens (primary N) is 1. The second-order valence-corrected chi connectivity index (χ2v) is 7.89. The Bertz CT molecular complexity index is 607. The summed E-state index contributed by atoms with van der Waals surface area (Å²) in [7, 11) is 0. The first kappa shape index (κ1) is 21.2. The highest BCUT2D eigenvalue weighted by atomic mass is 16.6. The standard InChI is InChI=1S/C20H32N4O3/c1-20(2,3)27-19(26)22-9-10-23-11-13-24(14-12-23)18(25)17(21)15-16-7-5-4-6-8-16/h4-8,17H,9-15,21H2,1-3H3,(H,22,26)/t17-/m1/s1. The van der Waals surface area contributed by atoms with E-state index in [2.05, 4.69) is 10.2 Å². The number of nitrogens with zero attached hydrogens (tertiary/aromatic N) is 2. The number of alkyl carbamates (subject to hydrolysis) is 1. The maximum atomic E-state index is 12.6. The molecule has 0 aliphatic carbocycles. The van der Waals surface area contributed by atoms with Crippen LogP contribution in [0.2, 0.25) is 0 Å². The highest BCUT2D eigenvalue weighted by Crippen LogP contribution is 2.08. The minimum Gasteiger partial charge on any atom is -0.444 e. The minimum absolute atomic E-state index is 0.00498. The van der Waals surface area contributed by atoms with Crippen LogP contribution in [-0.2, 0) is 16.0 Å². The smallest absolute Gasteiger partial charge is 0.407 e. The van der Waals surface area contributed by atoms with E-state index < -0.39 is 17.7 Å². The predicted molar refractivity (Wildman–Crippen MR) is 105 cm³/mol. The third kappa shape index (κ3) is 7.56. The van der Waals surface area contributed by atoms with Crippen LogP contribution in [0.3, 0.4) is 0 Å². The summed E-state index contributed by atoms with van der Waals surface area (Å²) in [5, 5.41) is 2.76. The summed E-state index contributed by atoms with van der Waals surface area (Å²) in [6.45, 7) is 9.65. The van der Waals surface area contributed by atoms with E-state index in [1.807, 2.05) is 56.0 Å². The van der Waals surface area contributed by atoms with Gasteiger partial charge < -0.3 is 20.7 Å². The lowest BCUT2D eigenvalue weighted by Crippen LogP contribution is -2.54. The fourth-order valence-corrected chi connectivity index (χ4v) is 3.01. The highest BCUT2D eigenvalue weighted by Gasteiger charge is 2.25. The molecule has 150 valence electrons. The van der Waals surface area contributed by atoms with E-state index in [4.69, 9.17) is 10.5 Å². The molecule has 27 heavy (non-hydrogen) atoms. The third-order valence-corrected chi connectivity index (χ3v) is 4.40. The zero-order valence-corrected chi connectivity index (χ0v) is 16.6. The topological polar surface area (TPSA) is 87.9 Å². The SMILES string of the molecule is CC(C)(C)OC(=O)NCCN1CCN(C(=O)[C@H](N)Cc2ccccc2)CC1. The zero-order chi connectivity index (χ0) is 19.9. The van der Waals surface area contributed by atoms with Crippen molar-refractivity contribution in [3.63, 3.8) is 0 Å². The molecule has 1 fully saturated rings. The van der Waals surface area contributed by atoms with Crippen molar-refractivity contribution in [1.82, 2.24) is 15.1 Å². The average molecular weight is 377 g/mol. The summed E-state index contributed by atoms with van der Waals surface area (Å²) in [6.07, 6.45) is 0.155. The molecule has 3 N–H and O–H groups in total. The summed E-state index contributed by atoms with van der Waals surface area (Å²) >= 11 is 0. The van der Waals surface area contributed by atoms with Gasteiger partial charge in [0.2, 0.25) is 5.91 Å². The Balaban J connectivity index is 1.67. The van der Waals surface area contributed by atoms with Crippen LogP contribution >= 0.6 is 0 Å². The van der Waals surface area contributed by atoms with Crippen LogP contribution in [0.25, 0.3) is 0 Å². The first-order valence-electron chi connectivity index (χ1n) is 9.52.